The van der Waals surface area contributed by atoms with Crippen LogP contribution in [0.2, 0.25) is 0 Å². The first kappa shape index (κ1) is 21.0. The van der Waals surface area contributed by atoms with Gasteiger partial charge in [0.25, 0.3) is 0 Å². The third-order valence-corrected chi connectivity index (χ3v) is 6.93. The lowest BCUT2D eigenvalue weighted by Gasteiger charge is -2.25. The van der Waals surface area contributed by atoms with Gasteiger partial charge in [-0.05, 0) is 74.8 Å². The van der Waals surface area contributed by atoms with Crippen LogP contribution in [0.3, 0.4) is 0 Å². The average Bonchev–Trinajstić information content (AvgIpc) is 3.49. The molecule has 0 amide bonds. The first-order valence-corrected chi connectivity index (χ1v) is 12.1. The summed E-state index contributed by atoms with van der Waals surface area (Å²) in [5.74, 6) is 1.48. The minimum atomic E-state index is 0.524. The van der Waals surface area contributed by atoms with Gasteiger partial charge in [0.2, 0.25) is 0 Å². The van der Waals surface area contributed by atoms with E-state index in [2.05, 4.69) is 52.1 Å². The molecule has 4 heterocycles. The minimum Gasteiger partial charge on any atom is -0.331 e. The molecule has 1 unspecified atom stereocenters. The highest BCUT2D eigenvalue weighted by atomic mass is 32.1. The van der Waals surface area contributed by atoms with Crippen LogP contribution >= 0.6 is 22.9 Å². The molecular weight excluding hydrogens is 412 g/mol. The van der Waals surface area contributed by atoms with Crippen LogP contribution in [0.4, 0.5) is 5.00 Å². The molecule has 0 aliphatic carbocycles. The number of hydrogen-bond donors (Lipinski definition) is 2. The molecule has 8 heteroatoms. The van der Waals surface area contributed by atoms with Gasteiger partial charge in [0.05, 0.1) is 28.0 Å². The third-order valence-electron chi connectivity index (χ3n) is 5.33. The average molecular weight is 441 g/mol. The van der Waals surface area contributed by atoms with Crippen molar-refractivity contribution in [2.75, 3.05) is 18.4 Å². The molecule has 0 bridgehead atoms. The minimum absolute atomic E-state index is 0.524. The van der Waals surface area contributed by atoms with Gasteiger partial charge in [0, 0.05) is 18.3 Å². The van der Waals surface area contributed by atoms with Crippen LogP contribution in [-0.4, -0.2) is 32.2 Å². The Hall–Kier alpha value is -2.29. The van der Waals surface area contributed by atoms with E-state index in [0.717, 1.165) is 52.2 Å². The topological polar surface area (TPSA) is 67.7 Å². The molecule has 1 saturated heterocycles. The highest BCUT2D eigenvalue weighted by molar-refractivity contribution is 7.13. The summed E-state index contributed by atoms with van der Waals surface area (Å²) in [6, 6.07) is 2.08. The number of piperidine rings is 1. The quantitative estimate of drug-likeness (QED) is 0.486. The Balaban J connectivity index is 1.74. The van der Waals surface area contributed by atoms with E-state index in [4.69, 9.17) is 5.10 Å². The van der Waals surface area contributed by atoms with E-state index < -0.39 is 0 Å². The van der Waals surface area contributed by atoms with Crippen molar-refractivity contribution < 1.29 is 0 Å². The number of hydrogen-bond acceptors (Lipinski definition) is 7. The maximum Gasteiger partial charge on any atom is 0.133 e. The van der Waals surface area contributed by atoms with Crippen molar-refractivity contribution in [1.82, 2.24) is 24.5 Å². The van der Waals surface area contributed by atoms with Gasteiger partial charge in [-0.3, -0.25) is 4.98 Å². The van der Waals surface area contributed by atoms with Gasteiger partial charge in [0.1, 0.15) is 10.8 Å². The Bertz CT molecular complexity index is 1020. The van der Waals surface area contributed by atoms with Crippen LogP contribution < -0.4 is 10.6 Å². The van der Waals surface area contributed by atoms with Gasteiger partial charge in [-0.15, -0.1) is 11.3 Å². The Morgan fingerprint density at radius 2 is 2.27 bits per heavy atom. The number of aryl methyl sites for hydroxylation is 1. The van der Waals surface area contributed by atoms with Gasteiger partial charge in [-0.25, -0.2) is 4.68 Å². The molecule has 2 N–H and O–H groups in total. The monoisotopic (exact) mass is 440 g/mol. The van der Waals surface area contributed by atoms with Crippen LogP contribution in [0.5, 0.6) is 0 Å². The van der Waals surface area contributed by atoms with Crippen molar-refractivity contribution in [2.45, 2.75) is 40.0 Å². The molecule has 1 atom stereocenters. The summed E-state index contributed by atoms with van der Waals surface area (Å²) in [6.07, 6.45) is 11.9. The molecule has 0 saturated carbocycles. The molecule has 0 radical (unpaired) electrons. The first-order chi connectivity index (χ1) is 14.7. The van der Waals surface area contributed by atoms with Crippen molar-refractivity contribution in [3.8, 4) is 10.4 Å². The second-order valence-electron chi connectivity index (χ2n) is 7.56. The number of allylic oxidation sites excluding steroid dienone is 2. The highest BCUT2D eigenvalue weighted by Crippen LogP contribution is 2.30. The summed E-state index contributed by atoms with van der Waals surface area (Å²) < 4.78 is 6.43. The summed E-state index contributed by atoms with van der Waals surface area (Å²) in [5.41, 5.74) is 6.45. The fraction of sp³-hybridized carbons (Fsp3) is 0.409. The fourth-order valence-electron chi connectivity index (χ4n) is 3.82. The van der Waals surface area contributed by atoms with Gasteiger partial charge in [-0.1, -0.05) is 13.0 Å². The second kappa shape index (κ2) is 9.68. The standard InChI is InChI=1S/C22H28N6S2/c1-4-6-17(18-7-5-8-23-11-18)10-21(26-22-9-15(2)27-30-22)28-16(3)19(12-25-28)20-13-24-14-29-20/h6,9-10,12-14,18,23,26H,4-5,7-8,11H2,1-3H3/b17-6-,21-10-. The van der Waals surface area contributed by atoms with Crippen LogP contribution in [0.1, 0.15) is 37.6 Å². The molecule has 6 nitrogen and oxygen atoms in total. The predicted octanol–water partition coefficient (Wildman–Crippen LogP) is 5.33. The molecule has 158 valence electrons. The number of rotatable bonds is 7. The maximum absolute atomic E-state index is 4.74. The van der Waals surface area contributed by atoms with Gasteiger partial charge in [-0.2, -0.15) is 9.47 Å². The summed E-state index contributed by atoms with van der Waals surface area (Å²) in [4.78, 5) is 5.36. The van der Waals surface area contributed by atoms with E-state index in [-0.39, 0.29) is 0 Å². The SMILES string of the molecule is CC/C=C(/C=C(/Nc1cc(C)ns1)n1ncc(-c2cncs2)c1C)C1CCCNC1. The van der Waals surface area contributed by atoms with Crippen molar-refractivity contribution in [2.24, 2.45) is 5.92 Å². The largest absolute Gasteiger partial charge is 0.331 e. The van der Waals surface area contributed by atoms with Gasteiger partial charge in [0.15, 0.2) is 0 Å². The summed E-state index contributed by atoms with van der Waals surface area (Å²) in [7, 11) is 0. The van der Waals surface area contributed by atoms with Crippen molar-refractivity contribution in [3.05, 3.63) is 53.1 Å². The van der Waals surface area contributed by atoms with Crippen molar-refractivity contribution >= 4 is 33.7 Å². The summed E-state index contributed by atoms with van der Waals surface area (Å²) in [6.45, 7) is 8.47. The zero-order chi connectivity index (χ0) is 20.9. The highest BCUT2D eigenvalue weighted by Gasteiger charge is 2.19. The Morgan fingerprint density at radius 1 is 1.37 bits per heavy atom. The van der Waals surface area contributed by atoms with Crippen molar-refractivity contribution in [1.29, 1.82) is 0 Å². The van der Waals surface area contributed by atoms with E-state index in [1.807, 2.05) is 29.5 Å². The van der Waals surface area contributed by atoms with Crippen LogP contribution in [0.25, 0.3) is 16.3 Å². The lowest BCUT2D eigenvalue weighted by atomic mass is 9.90. The fourth-order valence-corrected chi connectivity index (χ4v) is 5.17. The molecule has 1 fully saturated rings. The number of thiazole rings is 1. The molecule has 1 aliphatic heterocycles. The van der Waals surface area contributed by atoms with Crippen LogP contribution in [-0.2, 0) is 0 Å². The molecule has 4 rings (SSSR count). The van der Waals surface area contributed by atoms with Crippen LogP contribution in [0, 0.1) is 19.8 Å². The molecule has 1 aliphatic rings. The maximum atomic E-state index is 4.74. The number of nitrogens with zero attached hydrogens (tertiary/aromatic N) is 4. The molecular formula is C22H28N6S2. The zero-order valence-corrected chi connectivity index (χ0v) is 19.3. The van der Waals surface area contributed by atoms with E-state index in [9.17, 15) is 0 Å². The van der Waals surface area contributed by atoms with Crippen molar-refractivity contribution in [3.63, 3.8) is 0 Å². The van der Waals surface area contributed by atoms with E-state index >= 15 is 0 Å². The zero-order valence-electron chi connectivity index (χ0n) is 17.7. The molecule has 3 aromatic heterocycles. The molecule has 3 aromatic rings. The van der Waals surface area contributed by atoms with Gasteiger partial charge < -0.3 is 10.6 Å². The predicted molar refractivity (Wildman–Crippen MR) is 127 cm³/mol. The molecule has 30 heavy (non-hydrogen) atoms. The van der Waals surface area contributed by atoms with E-state index in [1.165, 1.54) is 29.9 Å². The van der Waals surface area contributed by atoms with Crippen LogP contribution in [0.15, 0.2) is 41.7 Å². The smallest absolute Gasteiger partial charge is 0.133 e. The lowest BCUT2D eigenvalue weighted by molar-refractivity contribution is 0.426. The number of nitrogens with one attached hydrogen (secondary N) is 2. The van der Waals surface area contributed by atoms with E-state index in [1.54, 1.807) is 11.3 Å². The normalized spacial score (nSPS) is 18.0. The Labute approximate surface area is 185 Å². The molecule has 0 aromatic carbocycles. The van der Waals surface area contributed by atoms with Gasteiger partial charge >= 0.3 is 0 Å². The second-order valence-corrected chi connectivity index (χ2v) is 9.26. The third kappa shape index (κ3) is 4.71. The number of aromatic nitrogens is 4. The summed E-state index contributed by atoms with van der Waals surface area (Å²) in [5, 5.41) is 12.9. The van der Waals surface area contributed by atoms with E-state index in [0.29, 0.717) is 5.92 Å². The Kier molecular flexibility index (Phi) is 6.76. The molecule has 0 spiro atoms. The first-order valence-electron chi connectivity index (χ1n) is 10.4. The summed E-state index contributed by atoms with van der Waals surface area (Å²) >= 11 is 3.11. The number of anilines is 1. The Morgan fingerprint density at radius 3 is 2.93 bits per heavy atom. The lowest BCUT2D eigenvalue weighted by Crippen LogP contribution is -2.30.